The zero-order valence-electron chi connectivity index (χ0n) is 20.3. The maximum Gasteiger partial charge on any atom is 0.335 e. The molecular weight excluding hydrogens is 408 g/mol. The van der Waals surface area contributed by atoms with Crippen LogP contribution in [-0.2, 0) is 10.2 Å². The minimum atomic E-state index is -0.391. The van der Waals surface area contributed by atoms with Gasteiger partial charge in [-0.15, -0.1) is 0 Å². The average Bonchev–Trinajstić information content (AvgIpc) is 2.86. The maximum atomic E-state index is 11.8. The number of unbranched alkanes of at least 4 members (excludes halogenated alkanes) is 3. The Kier molecular flexibility index (Phi) is 7.62. The number of rotatable bonds is 10. The van der Waals surface area contributed by atoms with Crippen molar-refractivity contribution in [2.45, 2.75) is 96.3 Å². The maximum absolute atomic E-state index is 11.8. The van der Waals surface area contributed by atoms with Crippen molar-refractivity contribution < 1.29 is 9.53 Å². The normalized spacial score (nSPS) is 24.3. The third-order valence-corrected chi connectivity index (χ3v) is 8.02. The van der Waals surface area contributed by atoms with Gasteiger partial charge in [0.05, 0.1) is 12.4 Å². The summed E-state index contributed by atoms with van der Waals surface area (Å²) in [4.78, 5) is 20.6. The van der Waals surface area contributed by atoms with E-state index >= 15 is 0 Å². The van der Waals surface area contributed by atoms with Gasteiger partial charge in [0, 0.05) is 11.6 Å². The molecule has 0 aliphatic heterocycles. The van der Waals surface area contributed by atoms with Crippen molar-refractivity contribution in [3.05, 3.63) is 54.4 Å². The van der Waals surface area contributed by atoms with Gasteiger partial charge >= 0.3 is 5.97 Å². The van der Waals surface area contributed by atoms with Gasteiger partial charge in [-0.1, -0.05) is 69.9 Å². The third-order valence-electron chi connectivity index (χ3n) is 8.02. The molecule has 0 amide bonds. The second-order valence-electron chi connectivity index (χ2n) is 10.2. The average molecular weight is 447 g/mol. The first-order chi connectivity index (χ1) is 16.1. The quantitative estimate of drug-likeness (QED) is 0.214. The molecule has 0 N–H and O–H groups in total. The molecule has 0 radical (unpaired) electrons. The van der Waals surface area contributed by atoms with Crippen LogP contribution in [0.15, 0.2) is 48.8 Å². The molecule has 1 aromatic heterocycles. The van der Waals surface area contributed by atoms with E-state index in [1.807, 2.05) is 6.08 Å². The Morgan fingerprint density at radius 1 is 0.939 bits per heavy atom. The molecule has 1 aromatic carbocycles. The van der Waals surface area contributed by atoms with Gasteiger partial charge in [0.1, 0.15) is 0 Å². The minimum Gasteiger partial charge on any atom is -0.420 e. The van der Waals surface area contributed by atoms with Gasteiger partial charge in [0.15, 0.2) is 11.6 Å². The van der Waals surface area contributed by atoms with Crippen LogP contribution >= 0.6 is 0 Å². The molecule has 33 heavy (non-hydrogen) atoms. The topological polar surface area (TPSA) is 52.1 Å². The Morgan fingerprint density at radius 2 is 1.61 bits per heavy atom. The van der Waals surface area contributed by atoms with Crippen molar-refractivity contribution in [1.82, 2.24) is 9.97 Å². The van der Waals surface area contributed by atoms with Gasteiger partial charge in [-0.25, -0.2) is 14.8 Å². The Bertz CT molecular complexity index is 922. The van der Waals surface area contributed by atoms with Crippen LogP contribution in [0.4, 0.5) is 0 Å². The Balaban J connectivity index is 1.37. The van der Waals surface area contributed by atoms with Gasteiger partial charge in [0.2, 0.25) is 0 Å². The fourth-order valence-electron chi connectivity index (χ4n) is 5.81. The van der Waals surface area contributed by atoms with Crippen molar-refractivity contribution in [1.29, 1.82) is 0 Å². The summed E-state index contributed by atoms with van der Waals surface area (Å²) < 4.78 is 5.27. The minimum absolute atomic E-state index is 0.368. The van der Waals surface area contributed by atoms with Crippen molar-refractivity contribution in [3.8, 4) is 17.1 Å². The lowest BCUT2D eigenvalue weighted by atomic mass is 9.51. The highest BCUT2D eigenvalue weighted by molar-refractivity contribution is 5.83. The Hall–Kier alpha value is -2.49. The number of hydrogen-bond donors (Lipinski definition) is 0. The fourth-order valence-corrected chi connectivity index (χ4v) is 5.81. The number of aromatic nitrogens is 2. The molecule has 0 atom stereocenters. The summed E-state index contributed by atoms with van der Waals surface area (Å²) in [6.45, 7) is 4.37. The van der Waals surface area contributed by atoms with E-state index in [1.54, 1.807) is 12.4 Å². The summed E-state index contributed by atoms with van der Waals surface area (Å²) in [5.41, 5.74) is 3.49. The summed E-state index contributed by atoms with van der Waals surface area (Å²) in [7, 11) is 0. The van der Waals surface area contributed by atoms with E-state index in [-0.39, 0.29) is 0 Å². The molecule has 2 aromatic rings. The van der Waals surface area contributed by atoms with E-state index in [2.05, 4.69) is 48.1 Å². The number of carbonyl (C=O) groups is 1. The summed E-state index contributed by atoms with van der Waals surface area (Å²) in [6, 6.07) is 8.88. The molecule has 5 rings (SSSR count). The zero-order valence-corrected chi connectivity index (χ0v) is 20.3. The van der Waals surface area contributed by atoms with E-state index in [0.29, 0.717) is 22.4 Å². The van der Waals surface area contributed by atoms with Gasteiger partial charge in [-0.2, -0.15) is 0 Å². The second kappa shape index (κ2) is 10.6. The fraction of sp³-hybridized carbons (Fsp3) is 0.552. The smallest absolute Gasteiger partial charge is 0.335 e. The molecule has 3 aliphatic rings. The van der Waals surface area contributed by atoms with Gasteiger partial charge in [-0.3, -0.25) is 0 Å². The molecular formula is C29H38N2O2. The lowest BCUT2D eigenvalue weighted by Gasteiger charge is -2.54. The Morgan fingerprint density at radius 3 is 2.21 bits per heavy atom. The number of carbonyl (C=O) groups excluding carboxylic acids is 1. The molecule has 176 valence electrons. The number of ether oxygens (including phenoxy) is 1. The first kappa shape index (κ1) is 23.7. The van der Waals surface area contributed by atoms with E-state index in [4.69, 9.17) is 4.74 Å². The predicted molar refractivity (Wildman–Crippen MR) is 133 cm³/mol. The number of allylic oxidation sites excluding steroid dienone is 1. The predicted octanol–water partition coefficient (Wildman–Crippen LogP) is 7.58. The third kappa shape index (κ3) is 5.54. The number of esters is 1. The van der Waals surface area contributed by atoms with Gasteiger partial charge in [-0.05, 0) is 67.8 Å². The Labute approximate surface area is 198 Å². The van der Waals surface area contributed by atoms with E-state index in [9.17, 15) is 4.79 Å². The molecule has 3 saturated carbocycles. The zero-order chi connectivity index (χ0) is 23.2. The number of hydrogen-bond acceptors (Lipinski definition) is 4. The highest BCUT2D eigenvalue weighted by Crippen LogP contribution is 2.59. The lowest BCUT2D eigenvalue weighted by Crippen LogP contribution is -2.44. The van der Waals surface area contributed by atoms with Crippen molar-refractivity contribution in [3.63, 3.8) is 0 Å². The number of nitrogens with zero attached hydrogens (tertiary/aromatic N) is 2. The van der Waals surface area contributed by atoms with Crippen LogP contribution in [0.25, 0.3) is 11.4 Å². The van der Waals surface area contributed by atoms with Crippen LogP contribution in [0.2, 0.25) is 0 Å². The standard InChI is InChI=1S/C29H38N2O2/c1-3-5-7-9-26(32)33-25-21-30-27(31-22-25)23-10-12-24(13-11-23)29-18-15-28(16-19-29,17-20-29)14-8-6-4-2/h7,9-13,21-22H,3-6,8,14-20H2,1-2H3. The summed E-state index contributed by atoms with van der Waals surface area (Å²) in [6.07, 6.45) is 22.0. The lowest BCUT2D eigenvalue weighted by molar-refractivity contribution is -0.129. The largest absolute Gasteiger partial charge is 0.420 e. The summed E-state index contributed by atoms with van der Waals surface area (Å²) >= 11 is 0. The van der Waals surface area contributed by atoms with Crippen molar-refractivity contribution in [2.75, 3.05) is 0 Å². The first-order valence-corrected chi connectivity index (χ1v) is 12.9. The highest BCUT2D eigenvalue weighted by atomic mass is 16.5. The SMILES string of the molecule is CCCC=CC(=O)Oc1cnc(-c2ccc(C34CCC(CCCCC)(CC3)CC4)cc2)nc1. The monoisotopic (exact) mass is 446 g/mol. The molecule has 0 unspecified atom stereocenters. The molecule has 0 saturated heterocycles. The van der Waals surface area contributed by atoms with Crippen LogP contribution < -0.4 is 4.74 Å². The molecule has 3 fully saturated rings. The molecule has 1 heterocycles. The molecule has 3 aliphatic carbocycles. The number of fused-ring (bicyclic) bond motifs is 3. The van der Waals surface area contributed by atoms with Crippen LogP contribution in [0.3, 0.4) is 0 Å². The number of benzene rings is 1. The van der Waals surface area contributed by atoms with Gasteiger partial charge in [0.25, 0.3) is 0 Å². The summed E-state index contributed by atoms with van der Waals surface area (Å²) in [5.74, 6) is 0.632. The highest BCUT2D eigenvalue weighted by Gasteiger charge is 2.48. The second-order valence-corrected chi connectivity index (χ2v) is 10.2. The van der Waals surface area contributed by atoms with Crippen LogP contribution in [0.5, 0.6) is 5.75 Å². The van der Waals surface area contributed by atoms with E-state index in [1.165, 1.54) is 75.8 Å². The molecule has 2 bridgehead atoms. The molecule has 4 nitrogen and oxygen atoms in total. The van der Waals surface area contributed by atoms with E-state index in [0.717, 1.165) is 18.4 Å². The molecule has 0 spiro atoms. The van der Waals surface area contributed by atoms with Crippen LogP contribution in [0, 0.1) is 5.41 Å². The molecule has 4 heteroatoms. The van der Waals surface area contributed by atoms with Crippen molar-refractivity contribution >= 4 is 5.97 Å². The van der Waals surface area contributed by atoms with Crippen molar-refractivity contribution in [2.24, 2.45) is 5.41 Å². The van der Waals surface area contributed by atoms with Crippen LogP contribution in [0.1, 0.15) is 96.5 Å². The van der Waals surface area contributed by atoms with Gasteiger partial charge < -0.3 is 4.74 Å². The summed E-state index contributed by atoms with van der Waals surface area (Å²) in [5, 5.41) is 0. The first-order valence-electron chi connectivity index (χ1n) is 12.9. The van der Waals surface area contributed by atoms with E-state index < -0.39 is 5.97 Å². The van der Waals surface area contributed by atoms with Crippen LogP contribution in [-0.4, -0.2) is 15.9 Å².